The number of rotatable bonds is 3. The largest absolute Gasteiger partial charge is 0.496 e. The van der Waals surface area contributed by atoms with Crippen molar-refractivity contribution in [3.05, 3.63) is 29.3 Å². The molecule has 94 valence electrons. The Kier molecular flexibility index (Phi) is 4.06. The van der Waals surface area contributed by atoms with E-state index in [0.29, 0.717) is 5.92 Å². The fraction of sp³-hybridized carbons (Fsp3) is 0.600. The summed E-state index contributed by atoms with van der Waals surface area (Å²) in [5, 5.41) is 3.43. The van der Waals surface area contributed by atoms with Gasteiger partial charge in [-0.25, -0.2) is 0 Å². The first kappa shape index (κ1) is 12.4. The summed E-state index contributed by atoms with van der Waals surface area (Å²) in [6, 6.07) is 6.49. The fourth-order valence-corrected chi connectivity index (χ4v) is 2.91. The average Bonchev–Trinajstić information content (AvgIpc) is 2.38. The number of aryl methyl sites for hydroxylation is 1. The molecular weight excluding hydrogens is 210 g/mol. The lowest BCUT2D eigenvalue weighted by Crippen LogP contribution is -2.30. The van der Waals surface area contributed by atoms with E-state index in [1.165, 1.54) is 24.0 Å². The summed E-state index contributed by atoms with van der Waals surface area (Å²) in [7, 11) is 1.78. The van der Waals surface area contributed by atoms with Gasteiger partial charge in [0, 0.05) is 0 Å². The van der Waals surface area contributed by atoms with Gasteiger partial charge in [-0.15, -0.1) is 0 Å². The Morgan fingerprint density at radius 2 is 2.00 bits per heavy atom. The van der Waals surface area contributed by atoms with Gasteiger partial charge in [0.05, 0.1) is 7.11 Å². The molecule has 0 bridgehead atoms. The van der Waals surface area contributed by atoms with E-state index in [2.05, 4.69) is 37.4 Å². The summed E-state index contributed by atoms with van der Waals surface area (Å²) >= 11 is 0. The smallest absolute Gasteiger partial charge is 0.125 e. The lowest BCUT2D eigenvalue weighted by atomic mass is 9.81. The van der Waals surface area contributed by atoms with E-state index in [4.69, 9.17) is 4.74 Å². The first-order chi connectivity index (χ1) is 8.24. The maximum absolute atomic E-state index is 5.57. The molecule has 1 saturated heterocycles. The molecule has 0 aromatic heterocycles. The number of piperidine rings is 1. The Morgan fingerprint density at radius 1 is 1.29 bits per heavy atom. The molecule has 1 atom stereocenters. The van der Waals surface area contributed by atoms with Crippen LogP contribution in [0.1, 0.15) is 36.8 Å². The molecule has 1 aliphatic heterocycles. The quantitative estimate of drug-likeness (QED) is 0.866. The lowest BCUT2D eigenvalue weighted by Gasteiger charge is -2.29. The predicted octanol–water partition coefficient (Wildman–Crippen LogP) is 3.11. The zero-order valence-corrected chi connectivity index (χ0v) is 11.1. The third-order valence-electron chi connectivity index (χ3n) is 4.03. The minimum Gasteiger partial charge on any atom is -0.496 e. The van der Waals surface area contributed by atoms with Gasteiger partial charge in [-0.3, -0.25) is 0 Å². The van der Waals surface area contributed by atoms with Crippen molar-refractivity contribution in [2.75, 3.05) is 20.2 Å². The van der Waals surface area contributed by atoms with Crippen molar-refractivity contribution in [3.8, 4) is 5.75 Å². The molecule has 0 aliphatic carbocycles. The SMILES string of the molecule is COc1c(C)cccc1C(C)C1CCNCC1. The minimum absolute atomic E-state index is 0.590. The Hall–Kier alpha value is -1.02. The van der Waals surface area contributed by atoms with Crippen molar-refractivity contribution in [1.82, 2.24) is 5.32 Å². The molecule has 0 radical (unpaired) electrons. The van der Waals surface area contributed by atoms with Gasteiger partial charge in [0.15, 0.2) is 0 Å². The zero-order chi connectivity index (χ0) is 12.3. The van der Waals surface area contributed by atoms with Gasteiger partial charge in [0.1, 0.15) is 5.75 Å². The molecule has 0 amide bonds. The van der Waals surface area contributed by atoms with Crippen LogP contribution in [0.2, 0.25) is 0 Å². The van der Waals surface area contributed by atoms with E-state index in [9.17, 15) is 0 Å². The van der Waals surface area contributed by atoms with Crippen LogP contribution >= 0.6 is 0 Å². The molecule has 2 rings (SSSR count). The molecule has 2 nitrogen and oxygen atoms in total. The molecule has 0 saturated carbocycles. The zero-order valence-electron chi connectivity index (χ0n) is 11.1. The van der Waals surface area contributed by atoms with Gasteiger partial charge in [-0.05, 0) is 55.8 Å². The first-order valence-corrected chi connectivity index (χ1v) is 6.58. The molecule has 1 heterocycles. The van der Waals surface area contributed by atoms with Crippen LogP contribution < -0.4 is 10.1 Å². The van der Waals surface area contributed by atoms with E-state index in [1.807, 2.05) is 0 Å². The second-order valence-electron chi connectivity index (χ2n) is 5.07. The normalized spacial score (nSPS) is 19.0. The van der Waals surface area contributed by atoms with E-state index < -0.39 is 0 Å². The van der Waals surface area contributed by atoms with Gasteiger partial charge in [-0.1, -0.05) is 25.1 Å². The van der Waals surface area contributed by atoms with Crippen LogP contribution in [0.3, 0.4) is 0 Å². The van der Waals surface area contributed by atoms with Gasteiger partial charge < -0.3 is 10.1 Å². The highest BCUT2D eigenvalue weighted by atomic mass is 16.5. The number of hydrogen-bond donors (Lipinski definition) is 1. The molecule has 17 heavy (non-hydrogen) atoms. The van der Waals surface area contributed by atoms with Crippen molar-refractivity contribution in [1.29, 1.82) is 0 Å². The van der Waals surface area contributed by atoms with Crippen molar-refractivity contribution >= 4 is 0 Å². The van der Waals surface area contributed by atoms with Gasteiger partial charge in [0.2, 0.25) is 0 Å². The van der Waals surface area contributed by atoms with Crippen LogP contribution in [0, 0.1) is 12.8 Å². The van der Waals surface area contributed by atoms with E-state index in [-0.39, 0.29) is 0 Å². The van der Waals surface area contributed by atoms with Crippen molar-refractivity contribution in [2.24, 2.45) is 5.92 Å². The Labute approximate surface area is 104 Å². The predicted molar refractivity (Wildman–Crippen MR) is 71.7 cm³/mol. The number of nitrogens with one attached hydrogen (secondary N) is 1. The molecule has 0 spiro atoms. The van der Waals surface area contributed by atoms with Gasteiger partial charge >= 0.3 is 0 Å². The third-order valence-corrected chi connectivity index (χ3v) is 4.03. The molecule has 1 aromatic rings. The fourth-order valence-electron chi connectivity index (χ4n) is 2.91. The summed E-state index contributed by atoms with van der Waals surface area (Å²) < 4.78 is 5.57. The van der Waals surface area contributed by atoms with Crippen LogP contribution in [-0.2, 0) is 0 Å². The molecule has 1 aromatic carbocycles. The van der Waals surface area contributed by atoms with Crippen LogP contribution in [0.5, 0.6) is 5.75 Å². The Balaban J connectivity index is 2.23. The number of methoxy groups -OCH3 is 1. The second-order valence-corrected chi connectivity index (χ2v) is 5.07. The standard InChI is InChI=1S/C15H23NO/c1-11-5-4-6-14(15(11)17-3)12(2)13-7-9-16-10-8-13/h4-6,12-13,16H,7-10H2,1-3H3. The van der Waals surface area contributed by atoms with Gasteiger partial charge in [-0.2, -0.15) is 0 Å². The van der Waals surface area contributed by atoms with E-state index in [1.54, 1.807) is 7.11 Å². The molecule has 1 N–H and O–H groups in total. The maximum atomic E-state index is 5.57. The molecular formula is C15H23NO. The van der Waals surface area contributed by atoms with Crippen molar-refractivity contribution < 1.29 is 4.74 Å². The van der Waals surface area contributed by atoms with Crippen LogP contribution in [-0.4, -0.2) is 20.2 Å². The highest BCUT2D eigenvalue weighted by molar-refractivity contribution is 5.42. The molecule has 1 aliphatic rings. The van der Waals surface area contributed by atoms with Gasteiger partial charge in [0.25, 0.3) is 0 Å². The number of ether oxygens (including phenoxy) is 1. The lowest BCUT2D eigenvalue weighted by molar-refractivity contribution is 0.321. The molecule has 1 unspecified atom stereocenters. The number of hydrogen-bond acceptors (Lipinski definition) is 2. The third kappa shape index (κ3) is 2.63. The van der Waals surface area contributed by atoms with Crippen molar-refractivity contribution in [3.63, 3.8) is 0 Å². The van der Waals surface area contributed by atoms with Crippen LogP contribution in [0.25, 0.3) is 0 Å². The highest BCUT2D eigenvalue weighted by Crippen LogP contribution is 2.37. The summed E-state index contributed by atoms with van der Waals surface area (Å²) in [4.78, 5) is 0. The minimum atomic E-state index is 0.590. The summed E-state index contributed by atoms with van der Waals surface area (Å²) in [6.07, 6.45) is 2.55. The Bertz CT molecular complexity index is 369. The summed E-state index contributed by atoms with van der Waals surface area (Å²) in [5.74, 6) is 2.46. The molecule has 2 heteroatoms. The van der Waals surface area contributed by atoms with Crippen LogP contribution in [0.15, 0.2) is 18.2 Å². The number of para-hydroxylation sites is 1. The van der Waals surface area contributed by atoms with Crippen LogP contribution in [0.4, 0.5) is 0 Å². The monoisotopic (exact) mass is 233 g/mol. The number of benzene rings is 1. The topological polar surface area (TPSA) is 21.3 Å². The first-order valence-electron chi connectivity index (χ1n) is 6.58. The van der Waals surface area contributed by atoms with E-state index >= 15 is 0 Å². The second kappa shape index (κ2) is 5.54. The molecule has 1 fully saturated rings. The summed E-state index contributed by atoms with van der Waals surface area (Å²) in [6.45, 7) is 6.77. The highest BCUT2D eigenvalue weighted by Gasteiger charge is 2.23. The van der Waals surface area contributed by atoms with E-state index in [0.717, 1.165) is 24.8 Å². The summed E-state index contributed by atoms with van der Waals surface area (Å²) in [5.41, 5.74) is 2.62. The maximum Gasteiger partial charge on any atom is 0.125 e. The Morgan fingerprint density at radius 3 is 2.65 bits per heavy atom. The average molecular weight is 233 g/mol. The van der Waals surface area contributed by atoms with Crippen molar-refractivity contribution in [2.45, 2.75) is 32.6 Å².